The number of hydrogen-bond acceptors (Lipinski definition) is 4. The number of benzene rings is 2. The number of hydrogen-bond donors (Lipinski definition) is 1. The molecule has 0 bridgehead atoms. The SMILES string of the molecule is CC(C)COc1ccc(CNN(Cc2ccc(F)cc2)C2CCN(C)CC2)cc1. The molecule has 1 saturated heterocycles. The first-order chi connectivity index (χ1) is 14.0. The van der Waals surface area contributed by atoms with Gasteiger partial charge in [0, 0.05) is 19.1 Å². The van der Waals surface area contributed by atoms with Crippen LogP contribution in [0.2, 0.25) is 0 Å². The van der Waals surface area contributed by atoms with E-state index in [2.05, 4.69) is 48.4 Å². The van der Waals surface area contributed by atoms with Gasteiger partial charge in [0.25, 0.3) is 0 Å². The van der Waals surface area contributed by atoms with Gasteiger partial charge >= 0.3 is 0 Å². The van der Waals surface area contributed by atoms with Crippen LogP contribution < -0.4 is 10.2 Å². The fourth-order valence-corrected chi connectivity index (χ4v) is 3.57. The van der Waals surface area contributed by atoms with Crippen LogP contribution in [0.3, 0.4) is 0 Å². The smallest absolute Gasteiger partial charge is 0.123 e. The Kier molecular flexibility index (Phi) is 8.04. The monoisotopic (exact) mass is 399 g/mol. The summed E-state index contributed by atoms with van der Waals surface area (Å²) >= 11 is 0. The fraction of sp³-hybridized carbons (Fsp3) is 0.500. The van der Waals surface area contributed by atoms with Crippen LogP contribution in [0, 0.1) is 11.7 Å². The Morgan fingerprint density at radius 3 is 2.28 bits per heavy atom. The summed E-state index contributed by atoms with van der Waals surface area (Å²) in [4.78, 5) is 2.38. The first kappa shape index (κ1) is 21.8. The molecule has 1 fully saturated rings. The van der Waals surface area contributed by atoms with Crippen LogP contribution in [-0.4, -0.2) is 42.7 Å². The molecule has 2 aromatic rings. The van der Waals surface area contributed by atoms with Crippen molar-refractivity contribution in [2.75, 3.05) is 26.7 Å². The first-order valence-corrected chi connectivity index (χ1v) is 10.6. The molecule has 0 atom stereocenters. The molecule has 2 aromatic carbocycles. The predicted molar refractivity (Wildman–Crippen MR) is 116 cm³/mol. The highest BCUT2D eigenvalue weighted by Gasteiger charge is 2.23. The molecular weight excluding hydrogens is 365 g/mol. The lowest BCUT2D eigenvalue weighted by atomic mass is 10.0. The minimum absolute atomic E-state index is 0.188. The van der Waals surface area contributed by atoms with Gasteiger partial charge in [-0.1, -0.05) is 38.1 Å². The maximum absolute atomic E-state index is 13.3. The summed E-state index contributed by atoms with van der Waals surface area (Å²) in [5.74, 6) is 1.25. The largest absolute Gasteiger partial charge is 0.493 e. The van der Waals surface area contributed by atoms with Gasteiger partial charge in [0.15, 0.2) is 0 Å². The average Bonchev–Trinajstić information content (AvgIpc) is 2.72. The van der Waals surface area contributed by atoms with Crippen LogP contribution >= 0.6 is 0 Å². The Bertz CT molecular complexity index is 725. The molecule has 0 amide bonds. The molecule has 4 nitrogen and oxygen atoms in total. The van der Waals surface area contributed by atoms with E-state index in [1.165, 1.54) is 17.7 Å². The second-order valence-electron chi connectivity index (χ2n) is 8.47. The maximum Gasteiger partial charge on any atom is 0.123 e. The summed E-state index contributed by atoms with van der Waals surface area (Å²) < 4.78 is 19.1. The third-order valence-electron chi connectivity index (χ3n) is 5.39. The first-order valence-electron chi connectivity index (χ1n) is 10.6. The van der Waals surface area contributed by atoms with Crippen LogP contribution in [0.4, 0.5) is 4.39 Å². The van der Waals surface area contributed by atoms with Crippen molar-refractivity contribution in [2.45, 2.75) is 45.8 Å². The van der Waals surface area contributed by atoms with Gasteiger partial charge in [0.05, 0.1) is 6.61 Å². The van der Waals surface area contributed by atoms with E-state index < -0.39 is 0 Å². The van der Waals surface area contributed by atoms with Gasteiger partial charge in [-0.25, -0.2) is 9.40 Å². The third-order valence-corrected chi connectivity index (χ3v) is 5.39. The highest BCUT2D eigenvalue weighted by molar-refractivity contribution is 5.27. The molecule has 0 radical (unpaired) electrons. The van der Waals surface area contributed by atoms with Gasteiger partial charge in [0.1, 0.15) is 11.6 Å². The van der Waals surface area contributed by atoms with E-state index in [0.717, 1.165) is 56.9 Å². The molecule has 0 unspecified atom stereocenters. The highest BCUT2D eigenvalue weighted by Crippen LogP contribution is 2.18. The van der Waals surface area contributed by atoms with Crippen molar-refractivity contribution in [3.05, 3.63) is 65.5 Å². The minimum atomic E-state index is -0.188. The normalized spacial score (nSPS) is 15.9. The lowest BCUT2D eigenvalue weighted by Gasteiger charge is -2.37. The maximum atomic E-state index is 13.3. The van der Waals surface area contributed by atoms with E-state index >= 15 is 0 Å². The zero-order chi connectivity index (χ0) is 20.6. The van der Waals surface area contributed by atoms with Crippen molar-refractivity contribution >= 4 is 0 Å². The minimum Gasteiger partial charge on any atom is -0.493 e. The van der Waals surface area contributed by atoms with Crippen molar-refractivity contribution in [2.24, 2.45) is 5.92 Å². The van der Waals surface area contributed by atoms with Crippen molar-refractivity contribution in [1.29, 1.82) is 0 Å². The Morgan fingerprint density at radius 1 is 1.03 bits per heavy atom. The highest BCUT2D eigenvalue weighted by atomic mass is 19.1. The molecule has 0 aromatic heterocycles. The van der Waals surface area contributed by atoms with Gasteiger partial charge < -0.3 is 9.64 Å². The number of nitrogens with one attached hydrogen (secondary N) is 1. The number of hydrazine groups is 1. The zero-order valence-corrected chi connectivity index (χ0v) is 17.9. The summed E-state index contributed by atoms with van der Waals surface area (Å²) in [5.41, 5.74) is 5.98. The number of ether oxygens (including phenoxy) is 1. The predicted octanol–water partition coefficient (Wildman–Crippen LogP) is 4.46. The van der Waals surface area contributed by atoms with Gasteiger partial charge in [-0.05, 0) is 74.3 Å². The Morgan fingerprint density at radius 2 is 1.66 bits per heavy atom. The summed E-state index contributed by atoms with van der Waals surface area (Å²) in [6.07, 6.45) is 2.26. The Labute approximate surface area is 174 Å². The molecular formula is C24H34FN3O. The zero-order valence-electron chi connectivity index (χ0n) is 17.9. The van der Waals surface area contributed by atoms with Crippen molar-refractivity contribution in [3.8, 4) is 5.75 Å². The molecule has 0 spiro atoms. The lowest BCUT2D eigenvalue weighted by Crippen LogP contribution is -2.49. The van der Waals surface area contributed by atoms with Gasteiger partial charge in [-0.3, -0.25) is 5.43 Å². The van der Waals surface area contributed by atoms with Gasteiger partial charge in [0.2, 0.25) is 0 Å². The van der Waals surface area contributed by atoms with E-state index in [1.807, 2.05) is 24.3 Å². The second-order valence-corrected chi connectivity index (χ2v) is 8.47. The van der Waals surface area contributed by atoms with Crippen LogP contribution in [-0.2, 0) is 13.1 Å². The topological polar surface area (TPSA) is 27.7 Å². The molecule has 29 heavy (non-hydrogen) atoms. The standard InChI is InChI=1S/C24H34FN3O/c1-19(2)18-29-24-10-6-20(7-11-24)16-26-28(23-12-14-27(3)15-13-23)17-21-4-8-22(25)9-5-21/h4-11,19,23,26H,12-18H2,1-3H3. The van der Waals surface area contributed by atoms with Crippen molar-refractivity contribution in [1.82, 2.24) is 15.3 Å². The van der Waals surface area contributed by atoms with Crippen molar-refractivity contribution in [3.63, 3.8) is 0 Å². The quantitative estimate of drug-likeness (QED) is 0.630. The van der Waals surface area contributed by atoms with E-state index in [-0.39, 0.29) is 5.82 Å². The van der Waals surface area contributed by atoms with Crippen LogP contribution in [0.25, 0.3) is 0 Å². The second kappa shape index (κ2) is 10.7. The summed E-state index contributed by atoms with van der Waals surface area (Å²) in [6.45, 7) is 8.78. The number of halogens is 1. The number of nitrogens with zero attached hydrogens (tertiary/aromatic N) is 2. The molecule has 1 heterocycles. The molecule has 1 N–H and O–H groups in total. The van der Waals surface area contributed by atoms with Crippen LogP contribution in [0.1, 0.15) is 37.8 Å². The molecule has 0 aliphatic carbocycles. The molecule has 3 rings (SSSR count). The van der Waals surface area contributed by atoms with Gasteiger partial charge in [-0.15, -0.1) is 0 Å². The molecule has 1 aliphatic rings. The van der Waals surface area contributed by atoms with E-state index in [1.54, 1.807) is 0 Å². The molecule has 158 valence electrons. The molecule has 1 aliphatic heterocycles. The van der Waals surface area contributed by atoms with Gasteiger partial charge in [-0.2, -0.15) is 0 Å². The molecule has 5 heteroatoms. The summed E-state index contributed by atoms with van der Waals surface area (Å²) in [6, 6.07) is 15.6. The van der Waals surface area contributed by atoms with Crippen LogP contribution in [0.15, 0.2) is 48.5 Å². The van der Waals surface area contributed by atoms with E-state index in [9.17, 15) is 4.39 Å². The lowest BCUT2D eigenvalue weighted by molar-refractivity contribution is 0.0637. The summed E-state index contributed by atoms with van der Waals surface area (Å²) in [5, 5.41) is 2.34. The van der Waals surface area contributed by atoms with E-state index in [0.29, 0.717) is 12.0 Å². The van der Waals surface area contributed by atoms with Crippen LogP contribution in [0.5, 0.6) is 5.75 Å². The van der Waals surface area contributed by atoms with E-state index in [4.69, 9.17) is 4.74 Å². The average molecular weight is 400 g/mol. The summed E-state index contributed by atoms with van der Waals surface area (Å²) in [7, 11) is 2.18. The Balaban J connectivity index is 1.60. The number of rotatable bonds is 9. The Hall–Kier alpha value is -1.95. The third kappa shape index (κ3) is 7.11. The molecule has 0 saturated carbocycles. The number of likely N-dealkylation sites (tertiary alicyclic amines) is 1. The van der Waals surface area contributed by atoms with Crippen molar-refractivity contribution < 1.29 is 9.13 Å². The fourth-order valence-electron chi connectivity index (χ4n) is 3.57. The number of piperidine rings is 1.